The van der Waals surface area contributed by atoms with Gasteiger partial charge in [-0.25, -0.2) is 24.7 Å². The van der Waals surface area contributed by atoms with Gasteiger partial charge in [0.1, 0.15) is 11.9 Å². The molecule has 1 N–H and O–H groups in total. The predicted octanol–water partition coefficient (Wildman–Crippen LogP) is 3.16. The third-order valence-corrected chi connectivity index (χ3v) is 7.42. The number of rotatable bonds is 8. The van der Waals surface area contributed by atoms with Crippen LogP contribution in [0.15, 0.2) is 61.4 Å². The first kappa shape index (κ1) is 30.2. The highest BCUT2D eigenvalue weighted by atomic mass is 16.6. The highest BCUT2D eigenvalue weighted by Gasteiger charge is 2.28. The molecule has 0 aliphatic carbocycles. The van der Waals surface area contributed by atoms with Gasteiger partial charge in [-0.15, -0.1) is 0 Å². The number of piperazine rings is 1. The van der Waals surface area contributed by atoms with Crippen LogP contribution in [0.5, 0.6) is 0 Å². The molecule has 1 amide bonds. The van der Waals surface area contributed by atoms with Crippen LogP contribution >= 0.6 is 0 Å². The minimum Gasteiger partial charge on any atom is -0.444 e. The van der Waals surface area contributed by atoms with Crippen molar-refractivity contribution < 1.29 is 14.3 Å². The van der Waals surface area contributed by atoms with Crippen molar-refractivity contribution in [3.63, 3.8) is 0 Å². The summed E-state index contributed by atoms with van der Waals surface area (Å²) in [6.45, 7) is 10.5. The fraction of sp³-hybridized carbons (Fsp3) is 0.452. The molecule has 45 heavy (non-hydrogen) atoms. The average Bonchev–Trinajstić information content (AvgIpc) is 3.48. The summed E-state index contributed by atoms with van der Waals surface area (Å²) < 4.78 is 13.2. The molecule has 0 saturated carbocycles. The fourth-order valence-corrected chi connectivity index (χ4v) is 5.23. The quantitative estimate of drug-likeness (QED) is 0.312. The number of morpholine rings is 1. The first-order valence-electron chi connectivity index (χ1n) is 15.2. The zero-order chi connectivity index (χ0) is 31.2. The third kappa shape index (κ3) is 8.20. The van der Waals surface area contributed by atoms with E-state index in [4.69, 9.17) is 9.47 Å². The Labute approximate surface area is 262 Å². The van der Waals surface area contributed by atoms with Gasteiger partial charge in [0.05, 0.1) is 37.7 Å². The molecule has 14 nitrogen and oxygen atoms in total. The standard InChI is InChI=1S/C31H39N11O3/c1-31(2,3)45-30(43)41-13-14-44-26(20-41)21-42-19-25(18-36-42)37-27-34-22-35-29(38-27)40-11-9-39(10-12-40)28-32-16-24(17-33-28)15-23-7-5-4-6-8-23/h4-8,16-19,22,26H,9-15,20-21H2,1-3H3,(H,34,35,37,38). The molecule has 0 bridgehead atoms. The number of benzene rings is 1. The second-order valence-corrected chi connectivity index (χ2v) is 12.1. The first-order chi connectivity index (χ1) is 21.8. The molecule has 236 valence electrons. The van der Waals surface area contributed by atoms with Crippen molar-refractivity contribution in [2.45, 2.75) is 45.4 Å². The minimum atomic E-state index is -0.540. The van der Waals surface area contributed by atoms with E-state index in [0.717, 1.165) is 49.8 Å². The molecule has 4 aromatic rings. The summed E-state index contributed by atoms with van der Waals surface area (Å²) in [5.74, 6) is 1.78. The lowest BCUT2D eigenvalue weighted by Crippen LogP contribution is -2.48. The van der Waals surface area contributed by atoms with Gasteiger partial charge in [-0.3, -0.25) is 4.68 Å². The Morgan fingerprint density at radius 1 is 0.933 bits per heavy atom. The maximum atomic E-state index is 12.5. The highest BCUT2D eigenvalue weighted by molar-refractivity contribution is 5.68. The number of hydrogen-bond acceptors (Lipinski definition) is 12. The summed E-state index contributed by atoms with van der Waals surface area (Å²) in [5.41, 5.74) is 2.53. The highest BCUT2D eigenvalue weighted by Crippen LogP contribution is 2.19. The molecule has 0 radical (unpaired) electrons. The largest absolute Gasteiger partial charge is 0.444 e. The lowest BCUT2D eigenvalue weighted by Gasteiger charge is -2.34. The number of carbonyl (C=O) groups is 1. The normalized spacial score (nSPS) is 17.3. The van der Waals surface area contributed by atoms with Crippen molar-refractivity contribution in [3.8, 4) is 0 Å². The first-order valence-corrected chi connectivity index (χ1v) is 15.2. The van der Waals surface area contributed by atoms with Gasteiger partial charge in [-0.2, -0.15) is 10.1 Å². The fourth-order valence-electron chi connectivity index (χ4n) is 5.23. The molecule has 2 aliphatic heterocycles. The van der Waals surface area contributed by atoms with E-state index < -0.39 is 5.60 Å². The van der Waals surface area contributed by atoms with Crippen LogP contribution in [0.1, 0.15) is 31.9 Å². The van der Waals surface area contributed by atoms with E-state index in [-0.39, 0.29) is 12.2 Å². The molecule has 6 rings (SSSR count). The van der Waals surface area contributed by atoms with Crippen molar-refractivity contribution in [2.24, 2.45) is 0 Å². The summed E-state index contributed by atoms with van der Waals surface area (Å²) >= 11 is 0. The van der Waals surface area contributed by atoms with E-state index in [1.54, 1.807) is 15.8 Å². The van der Waals surface area contributed by atoms with Crippen molar-refractivity contribution in [3.05, 3.63) is 72.6 Å². The van der Waals surface area contributed by atoms with Crippen molar-refractivity contribution in [1.29, 1.82) is 0 Å². The summed E-state index contributed by atoms with van der Waals surface area (Å²) in [5, 5.41) is 7.67. The van der Waals surface area contributed by atoms with Gasteiger partial charge < -0.3 is 29.5 Å². The van der Waals surface area contributed by atoms with Gasteiger partial charge in [0, 0.05) is 57.7 Å². The van der Waals surface area contributed by atoms with Crippen LogP contribution in [0.2, 0.25) is 0 Å². The van der Waals surface area contributed by atoms with E-state index in [1.165, 1.54) is 11.9 Å². The Morgan fingerprint density at radius 3 is 2.40 bits per heavy atom. The average molecular weight is 614 g/mol. The number of carbonyl (C=O) groups excluding carboxylic acids is 1. The van der Waals surface area contributed by atoms with Gasteiger partial charge in [0.25, 0.3) is 0 Å². The van der Waals surface area contributed by atoms with Crippen molar-refractivity contribution >= 4 is 29.6 Å². The molecule has 3 aromatic heterocycles. The molecule has 2 fully saturated rings. The van der Waals surface area contributed by atoms with E-state index in [0.29, 0.717) is 38.1 Å². The number of hydrogen-bond donors (Lipinski definition) is 1. The maximum absolute atomic E-state index is 12.5. The molecule has 1 atom stereocenters. The smallest absolute Gasteiger partial charge is 0.410 e. The minimum absolute atomic E-state index is 0.195. The monoisotopic (exact) mass is 613 g/mol. The molecule has 14 heteroatoms. The second kappa shape index (κ2) is 13.4. The van der Waals surface area contributed by atoms with Crippen LogP contribution in [0.3, 0.4) is 0 Å². The topological polar surface area (TPSA) is 140 Å². The molecular formula is C31H39N11O3. The molecule has 2 aliphatic rings. The number of amides is 1. The number of aromatic nitrogens is 7. The summed E-state index contributed by atoms with van der Waals surface area (Å²) in [7, 11) is 0. The van der Waals surface area contributed by atoms with E-state index in [1.807, 2.05) is 57.6 Å². The molecule has 1 unspecified atom stereocenters. The summed E-state index contributed by atoms with van der Waals surface area (Å²) in [4.78, 5) is 41.1. The summed E-state index contributed by atoms with van der Waals surface area (Å²) in [6, 6.07) is 10.3. The van der Waals surface area contributed by atoms with Gasteiger partial charge in [-0.1, -0.05) is 30.3 Å². The number of nitrogens with zero attached hydrogens (tertiary/aromatic N) is 10. The SMILES string of the molecule is CC(C)(C)OC(=O)N1CCOC(Cn2cc(Nc3ncnc(N4CCN(c5ncc(Cc6ccccc6)cn5)CC4)n3)cn2)C1. The summed E-state index contributed by atoms with van der Waals surface area (Å²) in [6.07, 6.45) is 9.20. The predicted molar refractivity (Wildman–Crippen MR) is 169 cm³/mol. The zero-order valence-electron chi connectivity index (χ0n) is 25.9. The number of nitrogens with one attached hydrogen (secondary N) is 1. The van der Waals surface area contributed by atoms with E-state index in [9.17, 15) is 4.79 Å². The Kier molecular flexibility index (Phi) is 9.01. The molecule has 2 saturated heterocycles. The molecule has 5 heterocycles. The number of anilines is 4. The van der Waals surface area contributed by atoms with Crippen LogP contribution < -0.4 is 15.1 Å². The number of ether oxygens (including phenoxy) is 2. The van der Waals surface area contributed by atoms with Crippen LogP contribution in [-0.2, 0) is 22.4 Å². The van der Waals surface area contributed by atoms with Gasteiger partial charge in [0.2, 0.25) is 17.8 Å². The molecular weight excluding hydrogens is 574 g/mol. The lowest BCUT2D eigenvalue weighted by atomic mass is 10.1. The second-order valence-electron chi connectivity index (χ2n) is 12.1. The van der Waals surface area contributed by atoms with Gasteiger partial charge in [0.15, 0.2) is 0 Å². The van der Waals surface area contributed by atoms with E-state index in [2.05, 4.69) is 57.3 Å². The van der Waals surface area contributed by atoms with E-state index >= 15 is 0 Å². The van der Waals surface area contributed by atoms with Crippen LogP contribution in [0.25, 0.3) is 0 Å². The Balaban J connectivity index is 0.991. The molecule has 1 aromatic carbocycles. The Bertz CT molecular complexity index is 1550. The molecule has 0 spiro atoms. The zero-order valence-corrected chi connectivity index (χ0v) is 25.9. The Morgan fingerprint density at radius 2 is 1.67 bits per heavy atom. The third-order valence-electron chi connectivity index (χ3n) is 7.42. The Hall–Kier alpha value is -4.85. The van der Waals surface area contributed by atoms with Crippen LogP contribution in [0, 0.1) is 0 Å². The lowest BCUT2D eigenvalue weighted by molar-refractivity contribution is -0.0483. The van der Waals surface area contributed by atoms with Gasteiger partial charge in [-0.05, 0) is 31.9 Å². The van der Waals surface area contributed by atoms with Crippen molar-refractivity contribution in [1.82, 2.24) is 39.6 Å². The van der Waals surface area contributed by atoms with Gasteiger partial charge >= 0.3 is 6.09 Å². The van der Waals surface area contributed by atoms with Crippen LogP contribution in [-0.4, -0.2) is 103 Å². The van der Waals surface area contributed by atoms with Crippen LogP contribution in [0.4, 0.5) is 28.3 Å². The maximum Gasteiger partial charge on any atom is 0.410 e. The van der Waals surface area contributed by atoms with Crippen molar-refractivity contribution in [2.75, 3.05) is 61.0 Å².